The van der Waals surface area contributed by atoms with Crippen molar-refractivity contribution in [3.8, 4) is 0 Å². The topological polar surface area (TPSA) is 177 Å². The van der Waals surface area contributed by atoms with E-state index in [1.165, 1.54) is 0 Å². The predicted octanol–water partition coefficient (Wildman–Crippen LogP) is -2.31. The number of anilines is 1. The van der Waals surface area contributed by atoms with Crippen molar-refractivity contribution in [1.82, 2.24) is 19.5 Å². The maximum Gasteiger partial charge on any atom is 0.280 e. The molecular weight excluding hydrogens is 334 g/mol. The first-order chi connectivity index (χ1) is 11.7. The summed E-state index contributed by atoms with van der Waals surface area (Å²) in [5.74, 6) is -1.39. The van der Waals surface area contributed by atoms with E-state index in [0.29, 0.717) is 0 Å². The van der Waals surface area contributed by atoms with Crippen LogP contribution >= 0.6 is 0 Å². The van der Waals surface area contributed by atoms with Gasteiger partial charge in [0.25, 0.3) is 5.56 Å². The van der Waals surface area contributed by atoms with Crippen LogP contribution in [0, 0.1) is 5.92 Å². The Labute approximate surface area is 141 Å². The Bertz CT molecular complexity index is 876. The molecule has 11 nitrogen and oxygen atoms in total. The van der Waals surface area contributed by atoms with Crippen LogP contribution < -0.4 is 11.3 Å². The van der Waals surface area contributed by atoms with Gasteiger partial charge in [-0.15, -0.1) is 0 Å². The number of nitrogens with one attached hydrogen (secondary N) is 1. The number of carbonyl (C=O) groups is 1. The maximum absolute atomic E-state index is 12.9. The molecule has 1 saturated heterocycles. The van der Waals surface area contributed by atoms with Gasteiger partial charge in [0.15, 0.2) is 16.9 Å². The van der Waals surface area contributed by atoms with Crippen LogP contribution in [0.25, 0.3) is 11.2 Å². The summed E-state index contributed by atoms with van der Waals surface area (Å²) in [5, 5.41) is 30.2. The van der Waals surface area contributed by atoms with Crippen LogP contribution in [0.5, 0.6) is 0 Å². The van der Waals surface area contributed by atoms with Crippen LogP contribution in [-0.2, 0) is 15.3 Å². The number of fused-ring (bicyclic) bond motifs is 1. The van der Waals surface area contributed by atoms with Crippen molar-refractivity contribution in [2.45, 2.75) is 37.9 Å². The second-order valence-electron chi connectivity index (χ2n) is 6.23. The van der Waals surface area contributed by atoms with Crippen molar-refractivity contribution in [2.24, 2.45) is 5.92 Å². The lowest BCUT2D eigenvalue weighted by molar-refractivity contribution is -0.177. The molecule has 6 N–H and O–H groups in total. The highest BCUT2D eigenvalue weighted by molar-refractivity contribution is 5.89. The summed E-state index contributed by atoms with van der Waals surface area (Å²) in [6.45, 7) is 2.56. The summed E-state index contributed by atoms with van der Waals surface area (Å²) in [7, 11) is 0. The Morgan fingerprint density at radius 2 is 2.20 bits per heavy atom. The number of nitrogen functional groups attached to an aromatic ring is 1. The Morgan fingerprint density at radius 3 is 2.76 bits per heavy atom. The number of carbonyl (C=O) groups excluding carboxylic acids is 1. The number of aromatic amines is 1. The van der Waals surface area contributed by atoms with E-state index in [1.54, 1.807) is 13.8 Å². The number of imidazole rings is 1. The number of hydrogen-bond donors (Lipinski definition) is 5. The summed E-state index contributed by atoms with van der Waals surface area (Å²) >= 11 is 0. The van der Waals surface area contributed by atoms with E-state index < -0.39 is 47.9 Å². The van der Waals surface area contributed by atoms with Gasteiger partial charge in [-0.2, -0.15) is 4.98 Å². The molecule has 0 spiro atoms. The summed E-state index contributed by atoms with van der Waals surface area (Å²) in [5.41, 5.74) is 2.65. The van der Waals surface area contributed by atoms with Crippen LogP contribution in [0.4, 0.5) is 5.95 Å². The molecule has 2 aromatic rings. The number of aliphatic hydroxyl groups is 3. The Kier molecular flexibility index (Phi) is 4.11. The highest BCUT2D eigenvalue weighted by Gasteiger charge is 2.61. The summed E-state index contributed by atoms with van der Waals surface area (Å²) in [6, 6.07) is 0. The molecule has 0 unspecified atom stereocenters. The van der Waals surface area contributed by atoms with Crippen molar-refractivity contribution < 1.29 is 24.9 Å². The lowest BCUT2D eigenvalue weighted by Crippen LogP contribution is -2.53. The molecule has 0 aliphatic carbocycles. The van der Waals surface area contributed by atoms with E-state index in [2.05, 4.69) is 15.0 Å². The van der Waals surface area contributed by atoms with Gasteiger partial charge < -0.3 is 25.8 Å². The fraction of sp³-hybridized carbons (Fsp3) is 0.571. The van der Waals surface area contributed by atoms with Gasteiger partial charge in [-0.25, -0.2) is 4.98 Å². The van der Waals surface area contributed by atoms with Gasteiger partial charge in [-0.3, -0.25) is 19.1 Å². The average Bonchev–Trinajstić information content (AvgIpc) is 3.08. The normalized spacial score (nSPS) is 29.6. The standard InChI is InChI=1S/C14H19N5O6/c1-5(2)9(22)14(10(23)8(21)6(3-20)25-14)19-4-16-7-11(19)17-13(15)18-12(7)24/h4-6,8,10,20-21,23H,3H2,1-2H3,(H3,15,17,18,24)/t6-,8-,10-,14-/m1/s1. The van der Waals surface area contributed by atoms with Crippen LogP contribution in [-0.4, -0.2) is 65.5 Å². The molecule has 0 saturated carbocycles. The van der Waals surface area contributed by atoms with E-state index in [9.17, 15) is 24.9 Å². The van der Waals surface area contributed by atoms with Gasteiger partial charge in [-0.05, 0) is 0 Å². The van der Waals surface area contributed by atoms with Crippen molar-refractivity contribution in [1.29, 1.82) is 0 Å². The SMILES string of the molecule is CC(C)C(=O)[C@@]1(n2cnc3c(=O)[nH]c(N)nc32)O[C@H](CO)[C@@H](O)[C@H]1O. The zero-order valence-corrected chi connectivity index (χ0v) is 13.6. The van der Waals surface area contributed by atoms with Gasteiger partial charge in [0, 0.05) is 5.92 Å². The molecule has 1 fully saturated rings. The van der Waals surface area contributed by atoms with Crippen molar-refractivity contribution in [3.63, 3.8) is 0 Å². The summed E-state index contributed by atoms with van der Waals surface area (Å²) in [4.78, 5) is 35.1. The third-order valence-corrected chi connectivity index (χ3v) is 4.28. The molecule has 0 aromatic carbocycles. The molecule has 0 radical (unpaired) electrons. The number of ether oxygens (including phenoxy) is 1. The van der Waals surface area contributed by atoms with Gasteiger partial charge in [0.1, 0.15) is 24.6 Å². The predicted molar refractivity (Wildman–Crippen MR) is 84.4 cm³/mol. The van der Waals surface area contributed by atoms with Crippen molar-refractivity contribution >= 4 is 22.9 Å². The number of aliphatic hydroxyl groups excluding tert-OH is 3. The van der Waals surface area contributed by atoms with Gasteiger partial charge in [0.2, 0.25) is 11.7 Å². The maximum atomic E-state index is 12.9. The molecule has 4 atom stereocenters. The monoisotopic (exact) mass is 353 g/mol. The third-order valence-electron chi connectivity index (χ3n) is 4.28. The first-order valence-corrected chi connectivity index (χ1v) is 7.66. The van der Waals surface area contributed by atoms with Gasteiger partial charge >= 0.3 is 0 Å². The van der Waals surface area contributed by atoms with E-state index in [0.717, 1.165) is 10.9 Å². The molecule has 3 rings (SSSR count). The number of nitrogens with zero attached hydrogens (tertiary/aromatic N) is 3. The molecule has 136 valence electrons. The van der Waals surface area contributed by atoms with Crippen molar-refractivity contribution in [2.75, 3.05) is 12.3 Å². The highest BCUT2D eigenvalue weighted by Crippen LogP contribution is 2.39. The summed E-state index contributed by atoms with van der Waals surface area (Å²) in [6.07, 6.45) is -3.32. The van der Waals surface area contributed by atoms with Crippen LogP contribution in [0.3, 0.4) is 0 Å². The zero-order chi connectivity index (χ0) is 18.5. The minimum atomic E-state index is -2.09. The molecule has 11 heteroatoms. The highest BCUT2D eigenvalue weighted by atomic mass is 16.6. The van der Waals surface area contributed by atoms with E-state index in [1.807, 2.05) is 0 Å². The largest absolute Gasteiger partial charge is 0.394 e. The number of Topliss-reactive ketones (excluding diaryl/α,β-unsaturated/α-hetero) is 1. The fourth-order valence-corrected chi connectivity index (χ4v) is 3.06. The fourth-order valence-electron chi connectivity index (χ4n) is 3.06. The minimum Gasteiger partial charge on any atom is -0.394 e. The number of hydrogen-bond acceptors (Lipinski definition) is 9. The molecule has 2 aromatic heterocycles. The van der Waals surface area contributed by atoms with Gasteiger partial charge in [-0.1, -0.05) is 13.8 Å². The smallest absolute Gasteiger partial charge is 0.280 e. The van der Waals surface area contributed by atoms with Crippen LogP contribution in [0.1, 0.15) is 13.8 Å². The zero-order valence-electron chi connectivity index (χ0n) is 13.6. The second kappa shape index (κ2) is 5.88. The Morgan fingerprint density at radius 1 is 1.52 bits per heavy atom. The van der Waals surface area contributed by atoms with E-state index >= 15 is 0 Å². The number of nitrogens with two attached hydrogens (primary N) is 1. The quantitative estimate of drug-likeness (QED) is 0.404. The first-order valence-electron chi connectivity index (χ1n) is 7.66. The molecule has 25 heavy (non-hydrogen) atoms. The molecule has 0 amide bonds. The minimum absolute atomic E-state index is 0.0833. The lowest BCUT2D eigenvalue weighted by Gasteiger charge is -2.33. The molecule has 1 aliphatic rings. The molecule has 1 aliphatic heterocycles. The molecule has 3 heterocycles. The van der Waals surface area contributed by atoms with E-state index in [4.69, 9.17) is 10.5 Å². The number of rotatable bonds is 4. The lowest BCUT2D eigenvalue weighted by atomic mass is 9.91. The Balaban J connectivity index is 2.31. The number of ketones is 1. The van der Waals surface area contributed by atoms with Crippen LogP contribution in [0.15, 0.2) is 11.1 Å². The van der Waals surface area contributed by atoms with Crippen molar-refractivity contribution in [3.05, 3.63) is 16.7 Å². The first kappa shape index (κ1) is 17.5. The van der Waals surface area contributed by atoms with Crippen LogP contribution in [0.2, 0.25) is 0 Å². The molecular formula is C14H19N5O6. The number of aromatic nitrogens is 4. The third kappa shape index (κ3) is 2.35. The number of H-pyrrole nitrogens is 1. The average molecular weight is 353 g/mol. The van der Waals surface area contributed by atoms with E-state index in [-0.39, 0.29) is 17.1 Å². The van der Waals surface area contributed by atoms with Gasteiger partial charge in [0.05, 0.1) is 6.61 Å². The molecule has 0 bridgehead atoms. The Hall–Kier alpha value is -2.34. The summed E-state index contributed by atoms with van der Waals surface area (Å²) < 4.78 is 6.69. The second-order valence-corrected chi connectivity index (χ2v) is 6.23.